The fourth-order valence-electron chi connectivity index (χ4n) is 3.10. The van der Waals surface area contributed by atoms with E-state index in [2.05, 4.69) is 23.5 Å². The lowest BCUT2D eigenvalue weighted by Crippen LogP contribution is -2.39. The molecule has 1 heterocycles. The van der Waals surface area contributed by atoms with Crippen LogP contribution in [0.5, 0.6) is 0 Å². The SMILES string of the molecule is CCNS(=O)(=O)c1ccc(N)c(N2CC(C)CC(C)C2)c1. The van der Waals surface area contributed by atoms with Gasteiger partial charge in [0.25, 0.3) is 0 Å². The quantitative estimate of drug-likeness (QED) is 0.835. The third-order valence-corrected chi connectivity index (χ3v) is 5.40. The van der Waals surface area contributed by atoms with Gasteiger partial charge in [-0.05, 0) is 36.5 Å². The Bertz CT molecular complexity index is 591. The van der Waals surface area contributed by atoms with E-state index >= 15 is 0 Å². The van der Waals surface area contributed by atoms with Gasteiger partial charge in [0, 0.05) is 19.6 Å². The van der Waals surface area contributed by atoms with Crippen LogP contribution in [0.15, 0.2) is 23.1 Å². The summed E-state index contributed by atoms with van der Waals surface area (Å²) in [5.41, 5.74) is 7.53. The van der Waals surface area contributed by atoms with Crippen LogP contribution < -0.4 is 15.4 Å². The van der Waals surface area contributed by atoms with Crippen molar-refractivity contribution in [2.75, 3.05) is 30.3 Å². The van der Waals surface area contributed by atoms with Gasteiger partial charge in [0.2, 0.25) is 10.0 Å². The monoisotopic (exact) mass is 311 g/mol. The number of rotatable bonds is 4. The van der Waals surface area contributed by atoms with Gasteiger partial charge in [0.05, 0.1) is 16.3 Å². The van der Waals surface area contributed by atoms with Crippen LogP contribution in [0.2, 0.25) is 0 Å². The topological polar surface area (TPSA) is 75.4 Å². The second kappa shape index (κ2) is 6.23. The largest absolute Gasteiger partial charge is 0.397 e. The van der Waals surface area contributed by atoms with Crippen molar-refractivity contribution in [3.8, 4) is 0 Å². The van der Waals surface area contributed by atoms with Crippen LogP contribution in [0.4, 0.5) is 11.4 Å². The molecule has 5 nitrogen and oxygen atoms in total. The van der Waals surface area contributed by atoms with Crippen molar-refractivity contribution in [2.24, 2.45) is 11.8 Å². The minimum Gasteiger partial charge on any atom is -0.397 e. The second-order valence-electron chi connectivity index (χ2n) is 6.07. The molecule has 1 aromatic rings. The van der Waals surface area contributed by atoms with Crippen molar-refractivity contribution in [1.82, 2.24) is 4.72 Å². The number of benzene rings is 1. The summed E-state index contributed by atoms with van der Waals surface area (Å²) < 4.78 is 26.8. The minimum atomic E-state index is -3.45. The molecule has 0 amide bonds. The van der Waals surface area contributed by atoms with Crippen molar-refractivity contribution in [2.45, 2.75) is 32.1 Å². The van der Waals surface area contributed by atoms with Crippen LogP contribution in [-0.2, 0) is 10.0 Å². The van der Waals surface area contributed by atoms with Crippen molar-refractivity contribution < 1.29 is 8.42 Å². The minimum absolute atomic E-state index is 0.277. The Kier molecular flexibility index (Phi) is 4.78. The van der Waals surface area contributed by atoms with Crippen molar-refractivity contribution in [1.29, 1.82) is 0 Å². The summed E-state index contributed by atoms with van der Waals surface area (Å²) in [5, 5.41) is 0. The smallest absolute Gasteiger partial charge is 0.240 e. The average molecular weight is 311 g/mol. The molecule has 6 heteroatoms. The van der Waals surface area contributed by atoms with E-state index in [0.29, 0.717) is 24.1 Å². The molecule has 0 aliphatic carbocycles. The summed E-state index contributed by atoms with van der Waals surface area (Å²) in [4.78, 5) is 2.48. The van der Waals surface area contributed by atoms with Gasteiger partial charge in [-0.1, -0.05) is 20.8 Å². The summed E-state index contributed by atoms with van der Waals surface area (Å²) in [5.74, 6) is 1.17. The van der Waals surface area contributed by atoms with Gasteiger partial charge in [-0.25, -0.2) is 13.1 Å². The lowest BCUT2D eigenvalue weighted by molar-refractivity contribution is 0.357. The van der Waals surface area contributed by atoms with Gasteiger partial charge in [0.1, 0.15) is 0 Å². The summed E-state index contributed by atoms with van der Waals surface area (Å²) in [6.07, 6.45) is 1.20. The molecule has 0 spiro atoms. The Balaban J connectivity index is 2.35. The van der Waals surface area contributed by atoms with Crippen molar-refractivity contribution in [3.05, 3.63) is 18.2 Å². The van der Waals surface area contributed by atoms with Gasteiger partial charge in [-0.15, -0.1) is 0 Å². The molecule has 2 atom stereocenters. The third-order valence-electron chi connectivity index (χ3n) is 3.86. The third kappa shape index (κ3) is 3.68. The lowest BCUT2D eigenvalue weighted by atomic mass is 9.91. The van der Waals surface area contributed by atoms with Gasteiger partial charge in [-0.2, -0.15) is 0 Å². The molecule has 0 aromatic heterocycles. The number of hydrogen-bond acceptors (Lipinski definition) is 4. The molecule has 0 saturated carbocycles. The van der Waals surface area contributed by atoms with Crippen LogP contribution in [0.25, 0.3) is 0 Å². The molecule has 1 aromatic carbocycles. The van der Waals surface area contributed by atoms with Gasteiger partial charge >= 0.3 is 0 Å². The van der Waals surface area contributed by atoms with E-state index in [9.17, 15) is 8.42 Å². The molecular weight excluding hydrogens is 286 g/mol. The fourth-order valence-corrected chi connectivity index (χ4v) is 4.16. The average Bonchev–Trinajstić information content (AvgIpc) is 2.37. The zero-order chi connectivity index (χ0) is 15.6. The van der Waals surface area contributed by atoms with E-state index in [1.165, 1.54) is 6.42 Å². The molecule has 118 valence electrons. The summed E-state index contributed by atoms with van der Waals surface area (Å²) in [6.45, 7) is 8.41. The molecule has 0 radical (unpaired) electrons. The Morgan fingerprint density at radius 1 is 1.29 bits per heavy atom. The molecule has 3 N–H and O–H groups in total. The van der Waals surface area contributed by atoms with E-state index in [1.807, 2.05) is 0 Å². The molecule has 1 fully saturated rings. The molecule has 1 saturated heterocycles. The Labute approximate surface area is 127 Å². The number of piperidine rings is 1. The molecule has 0 bridgehead atoms. The Hall–Kier alpha value is -1.27. The van der Waals surface area contributed by atoms with E-state index in [-0.39, 0.29) is 4.90 Å². The molecule has 21 heavy (non-hydrogen) atoms. The van der Waals surface area contributed by atoms with E-state index in [1.54, 1.807) is 25.1 Å². The highest BCUT2D eigenvalue weighted by Crippen LogP contribution is 2.32. The summed E-state index contributed by atoms with van der Waals surface area (Å²) in [6, 6.07) is 4.94. The number of hydrogen-bond donors (Lipinski definition) is 2. The van der Waals surface area contributed by atoms with Crippen LogP contribution in [0.3, 0.4) is 0 Å². The van der Waals surface area contributed by atoms with Crippen molar-refractivity contribution >= 4 is 21.4 Å². The fraction of sp³-hybridized carbons (Fsp3) is 0.600. The molecular formula is C15H25N3O2S. The maximum atomic E-state index is 12.1. The number of nitrogen functional groups attached to an aromatic ring is 1. The summed E-state index contributed by atoms with van der Waals surface area (Å²) in [7, 11) is -3.45. The number of sulfonamides is 1. The van der Waals surface area contributed by atoms with E-state index in [4.69, 9.17) is 5.73 Å². The van der Waals surface area contributed by atoms with Crippen LogP contribution >= 0.6 is 0 Å². The first-order valence-corrected chi connectivity index (χ1v) is 8.96. The first-order chi connectivity index (χ1) is 9.83. The molecule has 1 aliphatic heterocycles. The van der Waals surface area contributed by atoms with Crippen LogP contribution in [0, 0.1) is 11.8 Å². The maximum Gasteiger partial charge on any atom is 0.240 e. The second-order valence-corrected chi connectivity index (χ2v) is 7.84. The first-order valence-electron chi connectivity index (χ1n) is 7.47. The zero-order valence-corrected chi connectivity index (χ0v) is 13.8. The maximum absolute atomic E-state index is 12.1. The Morgan fingerprint density at radius 3 is 2.48 bits per heavy atom. The highest BCUT2D eigenvalue weighted by atomic mass is 32.2. The van der Waals surface area contributed by atoms with Gasteiger partial charge < -0.3 is 10.6 Å². The molecule has 1 aliphatic rings. The van der Waals surface area contributed by atoms with Crippen LogP contribution in [-0.4, -0.2) is 28.1 Å². The first kappa shape index (κ1) is 16.1. The highest BCUT2D eigenvalue weighted by Gasteiger charge is 2.24. The van der Waals surface area contributed by atoms with Gasteiger partial charge in [-0.3, -0.25) is 0 Å². The highest BCUT2D eigenvalue weighted by molar-refractivity contribution is 7.89. The number of nitrogens with two attached hydrogens (primary N) is 1. The predicted octanol–water partition coefficient (Wildman–Crippen LogP) is 2.05. The number of nitrogens with zero attached hydrogens (tertiary/aromatic N) is 1. The molecule has 2 unspecified atom stereocenters. The number of anilines is 2. The van der Waals surface area contributed by atoms with Gasteiger partial charge in [0.15, 0.2) is 0 Å². The van der Waals surface area contributed by atoms with Crippen LogP contribution in [0.1, 0.15) is 27.2 Å². The van der Waals surface area contributed by atoms with E-state index in [0.717, 1.165) is 18.8 Å². The normalized spacial score (nSPS) is 23.3. The van der Waals surface area contributed by atoms with E-state index < -0.39 is 10.0 Å². The lowest BCUT2D eigenvalue weighted by Gasteiger charge is -2.37. The molecule has 2 rings (SSSR count). The predicted molar refractivity (Wildman–Crippen MR) is 86.9 cm³/mol. The zero-order valence-electron chi connectivity index (χ0n) is 13.0. The number of nitrogens with one attached hydrogen (secondary N) is 1. The summed E-state index contributed by atoms with van der Waals surface area (Å²) >= 11 is 0. The Morgan fingerprint density at radius 2 is 1.90 bits per heavy atom. The standard InChI is InChI=1S/C15H25N3O2S/c1-4-17-21(19,20)13-5-6-14(16)15(8-13)18-9-11(2)7-12(3)10-18/h5-6,8,11-12,17H,4,7,9-10,16H2,1-3H3. The van der Waals surface area contributed by atoms with Crippen molar-refractivity contribution in [3.63, 3.8) is 0 Å².